The van der Waals surface area contributed by atoms with Crippen LogP contribution in [0.4, 0.5) is 5.69 Å². The number of hydrogen-bond acceptors (Lipinski definition) is 4. The molecule has 7 heteroatoms. The Hall–Kier alpha value is -2.50. The summed E-state index contributed by atoms with van der Waals surface area (Å²) in [7, 11) is 0. The summed E-state index contributed by atoms with van der Waals surface area (Å²) >= 11 is 12.0. The lowest BCUT2D eigenvalue weighted by Gasteiger charge is -2.11. The Labute approximate surface area is 159 Å². The molecule has 0 fully saturated rings. The summed E-state index contributed by atoms with van der Waals surface area (Å²) in [6.45, 7) is 1.72. The standard InChI is InChI=1S/C19H15Cl2NO4/c1-2-11-8-18(24)26-16-9-12(6-7-13(11)16)25-10-17(23)22-19-14(20)4-3-5-15(19)21/h3-9H,2,10H2,1H3,(H,22,23). The van der Waals surface area contributed by atoms with Crippen molar-refractivity contribution in [2.75, 3.05) is 11.9 Å². The first-order valence-electron chi connectivity index (χ1n) is 7.91. The van der Waals surface area contributed by atoms with E-state index in [1.54, 1.807) is 36.4 Å². The average molecular weight is 392 g/mol. The number of amides is 1. The van der Waals surface area contributed by atoms with Crippen molar-refractivity contribution in [2.24, 2.45) is 0 Å². The van der Waals surface area contributed by atoms with E-state index < -0.39 is 11.5 Å². The largest absolute Gasteiger partial charge is 0.484 e. The Morgan fingerprint density at radius 3 is 2.58 bits per heavy atom. The quantitative estimate of drug-likeness (QED) is 0.641. The van der Waals surface area contributed by atoms with Gasteiger partial charge in [0.15, 0.2) is 6.61 Å². The molecule has 134 valence electrons. The van der Waals surface area contributed by atoms with Gasteiger partial charge in [0.2, 0.25) is 0 Å². The van der Waals surface area contributed by atoms with Gasteiger partial charge in [-0.25, -0.2) is 4.79 Å². The molecule has 0 saturated heterocycles. The summed E-state index contributed by atoms with van der Waals surface area (Å²) in [4.78, 5) is 23.7. The average Bonchev–Trinajstić information content (AvgIpc) is 2.62. The summed E-state index contributed by atoms with van der Waals surface area (Å²) in [6, 6.07) is 11.5. The number of fused-ring (bicyclic) bond motifs is 1. The van der Waals surface area contributed by atoms with Gasteiger partial charge in [0.1, 0.15) is 11.3 Å². The van der Waals surface area contributed by atoms with Crippen LogP contribution in [0.1, 0.15) is 12.5 Å². The van der Waals surface area contributed by atoms with Gasteiger partial charge in [-0.05, 0) is 36.2 Å². The molecule has 0 bridgehead atoms. The van der Waals surface area contributed by atoms with Crippen molar-refractivity contribution in [1.82, 2.24) is 0 Å². The van der Waals surface area contributed by atoms with E-state index in [-0.39, 0.29) is 6.61 Å². The first kappa shape index (κ1) is 18.3. The predicted molar refractivity (Wildman–Crippen MR) is 102 cm³/mol. The van der Waals surface area contributed by atoms with Crippen LogP contribution in [0, 0.1) is 0 Å². The molecule has 0 saturated carbocycles. The highest BCUT2D eigenvalue weighted by Gasteiger charge is 2.11. The third-order valence-electron chi connectivity index (χ3n) is 3.78. The monoisotopic (exact) mass is 391 g/mol. The molecule has 0 aliphatic carbocycles. The number of rotatable bonds is 5. The van der Waals surface area contributed by atoms with Crippen molar-refractivity contribution in [2.45, 2.75) is 13.3 Å². The van der Waals surface area contributed by atoms with Gasteiger partial charge in [-0.2, -0.15) is 0 Å². The molecule has 1 aromatic heterocycles. The summed E-state index contributed by atoms with van der Waals surface area (Å²) in [5.74, 6) is -0.00170. The molecule has 3 aromatic rings. The topological polar surface area (TPSA) is 68.5 Å². The molecule has 3 rings (SSSR count). The molecule has 0 aliphatic rings. The van der Waals surface area contributed by atoms with E-state index in [4.69, 9.17) is 32.4 Å². The third kappa shape index (κ3) is 4.00. The number of ether oxygens (including phenoxy) is 1. The second-order valence-corrected chi connectivity index (χ2v) is 6.35. The fraction of sp³-hybridized carbons (Fsp3) is 0.158. The first-order chi connectivity index (χ1) is 12.5. The van der Waals surface area contributed by atoms with Gasteiger partial charge in [0.25, 0.3) is 5.91 Å². The van der Waals surface area contributed by atoms with Gasteiger partial charge in [0, 0.05) is 17.5 Å². The van der Waals surface area contributed by atoms with Crippen molar-refractivity contribution in [3.8, 4) is 5.75 Å². The number of nitrogens with one attached hydrogen (secondary N) is 1. The predicted octanol–water partition coefficient (Wildman–Crippen LogP) is 4.68. The summed E-state index contributed by atoms with van der Waals surface area (Å²) in [5.41, 5.74) is 1.23. The fourth-order valence-electron chi connectivity index (χ4n) is 2.53. The van der Waals surface area contributed by atoms with Gasteiger partial charge in [-0.1, -0.05) is 36.2 Å². The number of aryl methyl sites for hydroxylation is 1. The molecule has 2 aromatic carbocycles. The van der Waals surface area contributed by atoms with Crippen LogP contribution in [0.5, 0.6) is 5.75 Å². The molecule has 26 heavy (non-hydrogen) atoms. The lowest BCUT2D eigenvalue weighted by atomic mass is 10.1. The Balaban J connectivity index is 1.73. The molecular formula is C19H15Cl2NO4. The molecule has 1 N–H and O–H groups in total. The molecule has 0 radical (unpaired) electrons. The maximum absolute atomic E-state index is 12.1. The Morgan fingerprint density at radius 2 is 1.88 bits per heavy atom. The van der Waals surface area contributed by atoms with Gasteiger partial charge in [0.05, 0.1) is 15.7 Å². The van der Waals surface area contributed by atoms with E-state index >= 15 is 0 Å². The molecule has 0 unspecified atom stereocenters. The van der Waals surface area contributed by atoms with Crippen LogP contribution in [-0.4, -0.2) is 12.5 Å². The summed E-state index contributed by atoms with van der Waals surface area (Å²) < 4.78 is 10.7. The lowest BCUT2D eigenvalue weighted by Crippen LogP contribution is -2.20. The fourth-order valence-corrected chi connectivity index (χ4v) is 3.03. The molecule has 0 spiro atoms. The van der Waals surface area contributed by atoms with Crippen LogP contribution in [0.25, 0.3) is 11.0 Å². The van der Waals surface area contributed by atoms with Crippen molar-refractivity contribution in [1.29, 1.82) is 0 Å². The maximum atomic E-state index is 12.1. The van der Waals surface area contributed by atoms with E-state index in [2.05, 4.69) is 5.32 Å². The molecular weight excluding hydrogens is 377 g/mol. The van der Waals surface area contributed by atoms with Gasteiger partial charge in [-0.3, -0.25) is 4.79 Å². The van der Waals surface area contributed by atoms with Crippen LogP contribution >= 0.6 is 23.2 Å². The zero-order valence-corrected chi connectivity index (χ0v) is 15.4. The SMILES string of the molecule is CCc1cc(=O)oc2cc(OCC(=O)Nc3c(Cl)cccc3Cl)ccc12. The zero-order chi connectivity index (χ0) is 18.7. The Bertz CT molecular complexity index is 1010. The van der Waals surface area contributed by atoms with Crippen molar-refractivity contribution < 1.29 is 13.9 Å². The van der Waals surface area contributed by atoms with Gasteiger partial charge >= 0.3 is 5.63 Å². The number of benzene rings is 2. The maximum Gasteiger partial charge on any atom is 0.336 e. The van der Waals surface area contributed by atoms with E-state index in [9.17, 15) is 9.59 Å². The molecule has 0 aliphatic heterocycles. The highest BCUT2D eigenvalue weighted by atomic mass is 35.5. The number of carbonyl (C=O) groups is 1. The van der Waals surface area contributed by atoms with Crippen LogP contribution in [0.3, 0.4) is 0 Å². The smallest absolute Gasteiger partial charge is 0.336 e. The number of halogens is 2. The van der Waals surface area contributed by atoms with Gasteiger partial charge in [-0.15, -0.1) is 0 Å². The number of para-hydroxylation sites is 1. The van der Waals surface area contributed by atoms with Crippen molar-refractivity contribution in [3.63, 3.8) is 0 Å². The van der Waals surface area contributed by atoms with Crippen molar-refractivity contribution >= 4 is 45.8 Å². The summed E-state index contributed by atoms with van der Waals surface area (Å²) in [6.07, 6.45) is 0.712. The zero-order valence-electron chi connectivity index (χ0n) is 13.8. The Kier molecular flexibility index (Phi) is 5.49. The highest BCUT2D eigenvalue weighted by Crippen LogP contribution is 2.29. The minimum atomic E-state index is -0.419. The first-order valence-corrected chi connectivity index (χ1v) is 8.67. The van der Waals surface area contributed by atoms with Crippen LogP contribution in [0.2, 0.25) is 10.0 Å². The molecule has 1 amide bonds. The van der Waals surface area contributed by atoms with Crippen LogP contribution in [0.15, 0.2) is 51.7 Å². The lowest BCUT2D eigenvalue weighted by molar-refractivity contribution is -0.118. The van der Waals surface area contributed by atoms with Crippen LogP contribution in [-0.2, 0) is 11.2 Å². The van der Waals surface area contributed by atoms with E-state index in [0.717, 1.165) is 10.9 Å². The third-order valence-corrected chi connectivity index (χ3v) is 4.41. The second kappa shape index (κ2) is 7.81. The molecule has 0 atom stereocenters. The van der Waals surface area contributed by atoms with E-state index in [1.807, 2.05) is 6.92 Å². The highest BCUT2D eigenvalue weighted by molar-refractivity contribution is 6.39. The van der Waals surface area contributed by atoms with Crippen molar-refractivity contribution in [3.05, 3.63) is 68.5 Å². The minimum absolute atomic E-state index is 0.245. The van der Waals surface area contributed by atoms with Crippen LogP contribution < -0.4 is 15.7 Å². The second-order valence-electron chi connectivity index (χ2n) is 5.54. The minimum Gasteiger partial charge on any atom is -0.484 e. The van der Waals surface area contributed by atoms with Gasteiger partial charge < -0.3 is 14.5 Å². The normalized spacial score (nSPS) is 10.7. The molecule has 1 heterocycles. The molecule has 5 nitrogen and oxygen atoms in total. The summed E-state index contributed by atoms with van der Waals surface area (Å²) in [5, 5.41) is 4.13. The van der Waals surface area contributed by atoms with E-state index in [1.165, 1.54) is 6.07 Å². The van der Waals surface area contributed by atoms with E-state index in [0.29, 0.717) is 33.5 Å². The Morgan fingerprint density at radius 1 is 1.15 bits per heavy atom. The number of carbonyl (C=O) groups excluding carboxylic acids is 1. The number of anilines is 1. The number of hydrogen-bond donors (Lipinski definition) is 1.